The van der Waals surface area contributed by atoms with Gasteiger partial charge in [0.2, 0.25) is 11.5 Å². The van der Waals surface area contributed by atoms with Crippen molar-refractivity contribution in [2.75, 3.05) is 20.3 Å². The molecule has 6 rings (SSSR count). The number of fused-ring (bicyclic) bond motifs is 2. The zero-order valence-electron chi connectivity index (χ0n) is 23.9. The quantitative estimate of drug-likeness (QED) is 0.236. The van der Waals surface area contributed by atoms with Gasteiger partial charge in [0.25, 0.3) is 5.91 Å². The highest BCUT2D eigenvalue weighted by atomic mass is 32.1. The maximum absolute atomic E-state index is 14.7. The summed E-state index contributed by atoms with van der Waals surface area (Å²) in [4.78, 5) is 32.9. The van der Waals surface area contributed by atoms with Gasteiger partial charge in [-0.1, -0.05) is 0 Å². The number of aromatic nitrogens is 4. The number of pyridine rings is 1. The predicted octanol–water partition coefficient (Wildman–Crippen LogP) is 4.23. The minimum atomic E-state index is -5.49. The molecular weight excluding hydrogens is 646 g/mol. The average molecular weight is 671 g/mol. The third-order valence-corrected chi connectivity index (χ3v) is 8.88. The van der Waals surface area contributed by atoms with Crippen molar-refractivity contribution in [1.29, 1.82) is 0 Å². The number of thiazole rings is 1. The van der Waals surface area contributed by atoms with Gasteiger partial charge in [0.05, 0.1) is 25.4 Å². The van der Waals surface area contributed by atoms with Crippen LogP contribution in [-0.4, -0.2) is 63.1 Å². The fraction of sp³-hybridized carbons (Fsp3) is 0.393. The molecule has 0 saturated heterocycles. The Morgan fingerprint density at radius 1 is 1.20 bits per heavy atom. The van der Waals surface area contributed by atoms with E-state index >= 15 is 0 Å². The molecule has 0 spiro atoms. The lowest BCUT2D eigenvalue weighted by Gasteiger charge is -2.31. The van der Waals surface area contributed by atoms with Gasteiger partial charge < -0.3 is 25.6 Å². The van der Waals surface area contributed by atoms with Crippen LogP contribution in [-0.2, 0) is 22.0 Å². The SMILES string of the molecule is COc1cc(C(=O)NC[C@](O)(c2cc3c(c(-c4csc(C(F)(F)F)n4)n2)OC[C@]3(C)C(N)=O)C(F)(F)F)cc2cn(C3CC3)nc12. The zero-order valence-corrected chi connectivity index (χ0v) is 24.7. The standard InChI is InChI=1S/C28H24F6N6O5S/c1-25(23(35)42)11-45-21-15(25)7-18(38-20(21)16-9-46-24(37-16)27(29,30)31)26(43,28(32,33)34)10-36-22(41)12-5-13-8-40(14-3-4-14)39-19(13)17(6-12)44-2/h5-9,14,43H,3-4,10-11H2,1-2H3,(H2,35,42)(H,36,41)/t25-,26-/m0/s1. The van der Waals surface area contributed by atoms with Gasteiger partial charge in [0, 0.05) is 28.1 Å². The molecule has 1 aliphatic heterocycles. The van der Waals surface area contributed by atoms with Crippen molar-refractivity contribution in [3.8, 4) is 22.9 Å². The summed E-state index contributed by atoms with van der Waals surface area (Å²) in [5.74, 6) is -2.14. The Balaban J connectivity index is 1.40. The monoisotopic (exact) mass is 670 g/mol. The van der Waals surface area contributed by atoms with Gasteiger partial charge in [-0.2, -0.15) is 31.4 Å². The highest BCUT2D eigenvalue weighted by molar-refractivity contribution is 7.10. The highest BCUT2D eigenvalue weighted by Gasteiger charge is 2.58. The molecule has 0 unspecified atom stereocenters. The van der Waals surface area contributed by atoms with Crippen molar-refractivity contribution in [3.05, 3.63) is 51.6 Å². The fourth-order valence-electron chi connectivity index (χ4n) is 5.07. The molecule has 4 heterocycles. The van der Waals surface area contributed by atoms with E-state index < -0.39 is 70.4 Å². The largest absolute Gasteiger partial charge is 0.494 e. The van der Waals surface area contributed by atoms with Crippen LogP contribution in [0.2, 0.25) is 0 Å². The van der Waals surface area contributed by atoms with Crippen LogP contribution in [0.4, 0.5) is 26.3 Å². The van der Waals surface area contributed by atoms with Crippen molar-refractivity contribution < 1.29 is 50.5 Å². The van der Waals surface area contributed by atoms with E-state index in [1.807, 2.05) is 0 Å². The van der Waals surface area contributed by atoms with Gasteiger partial charge in [-0.15, -0.1) is 11.3 Å². The summed E-state index contributed by atoms with van der Waals surface area (Å²) in [6, 6.07) is 3.64. The Kier molecular flexibility index (Phi) is 7.23. The molecule has 11 nitrogen and oxygen atoms in total. The zero-order chi connectivity index (χ0) is 33.4. The molecular formula is C28H24F6N6O5S. The Morgan fingerprint density at radius 2 is 1.91 bits per heavy atom. The molecule has 0 bridgehead atoms. The number of nitrogens with two attached hydrogens (primary N) is 1. The van der Waals surface area contributed by atoms with E-state index in [2.05, 4.69) is 20.4 Å². The summed E-state index contributed by atoms with van der Waals surface area (Å²) in [5.41, 5.74) is -2.23. The molecule has 1 saturated carbocycles. The van der Waals surface area contributed by atoms with Crippen LogP contribution in [0.1, 0.15) is 52.4 Å². The summed E-state index contributed by atoms with van der Waals surface area (Å²) in [7, 11) is 1.34. The van der Waals surface area contributed by atoms with Gasteiger partial charge in [-0.3, -0.25) is 14.3 Å². The number of aliphatic hydroxyl groups is 1. The second-order valence-corrected chi connectivity index (χ2v) is 12.1. The number of carbonyl (C=O) groups excluding carboxylic acids is 2. The van der Waals surface area contributed by atoms with Gasteiger partial charge in [-0.05, 0) is 38.0 Å². The number of ether oxygens (including phenoxy) is 2. The second-order valence-electron chi connectivity index (χ2n) is 11.3. The van der Waals surface area contributed by atoms with Crippen molar-refractivity contribution in [3.63, 3.8) is 0 Å². The first-order valence-electron chi connectivity index (χ1n) is 13.6. The van der Waals surface area contributed by atoms with Crippen LogP contribution in [0, 0.1) is 0 Å². The van der Waals surface area contributed by atoms with E-state index in [1.54, 1.807) is 10.9 Å². The first-order chi connectivity index (χ1) is 21.5. The Bertz CT molecular complexity index is 1890. The maximum Gasteiger partial charge on any atom is 0.443 e. The first kappa shape index (κ1) is 31.5. The van der Waals surface area contributed by atoms with Crippen LogP contribution >= 0.6 is 11.3 Å². The number of benzene rings is 1. The number of nitrogens with one attached hydrogen (secondary N) is 1. The van der Waals surface area contributed by atoms with Crippen molar-refractivity contribution in [2.45, 2.75) is 49.2 Å². The molecule has 1 aromatic carbocycles. The molecule has 46 heavy (non-hydrogen) atoms. The number of hydrogen-bond acceptors (Lipinski definition) is 9. The summed E-state index contributed by atoms with van der Waals surface area (Å²) in [5, 5.41) is 17.8. The fourth-order valence-corrected chi connectivity index (χ4v) is 5.74. The first-order valence-corrected chi connectivity index (χ1v) is 14.5. The molecule has 4 N–H and O–H groups in total. The van der Waals surface area contributed by atoms with E-state index in [1.165, 1.54) is 26.2 Å². The number of rotatable bonds is 8. The predicted molar refractivity (Wildman–Crippen MR) is 149 cm³/mol. The Labute approximate surface area is 259 Å². The van der Waals surface area contributed by atoms with E-state index in [0.717, 1.165) is 24.3 Å². The van der Waals surface area contributed by atoms with E-state index in [9.17, 15) is 41.0 Å². The summed E-state index contributed by atoms with van der Waals surface area (Å²) < 4.78 is 96.6. The number of primary amides is 1. The molecule has 2 atom stereocenters. The van der Waals surface area contributed by atoms with Gasteiger partial charge in [0.1, 0.15) is 34.7 Å². The van der Waals surface area contributed by atoms with Crippen LogP contribution in [0.5, 0.6) is 11.5 Å². The second kappa shape index (κ2) is 10.5. The maximum atomic E-state index is 14.7. The lowest BCUT2D eigenvalue weighted by atomic mass is 9.82. The van der Waals surface area contributed by atoms with E-state index in [-0.39, 0.29) is 40.0 Å². The number of nitrogens with zero attached hydrogens (tertiary/aromatic N) is 4. The van der Waals surface area contributed by atoms with Crippen LogP contribution < -0.4 is 20.5 Å². The summed E-state index contributed by atoms with van der Waals surface area (Å²) in [6.45, 7) is -0.670. The number of halogens is 6. The summed E-state index contributed by atoms with van der Waals surface area (Å²) >= 11 is 0.163. The lowest BCUT2D eigenvalue weighted by molar-refractivity contribution is -0.265. The molecule has 244 valence electrons. The molecule has 4 aromatic rings. The number of amides is 2. The highest BCUT2D eigenvalue weighted by Crippen LogP contribution is 2.48. The van der Waals surface area contributed by atoms with E-state index in [4.69, 9.17) is 15.2 Å². The van der Waals surface area contributed by atoms with Gasteiger partial charge >= 0.3 is 12.4 Å². The smallest absolute Gasteiger partial charge is 0.443 e. The minimum Gasteiger partial charge on any atom is -0.494 e. The van der Waals surface area contributed by atoms with Gasteiger partial charge in [0.15, 0.2) is 10.8 Å². The van der Waals surface area contributed by atoms with Crippen LogP contribution in [0.3, 0.4) is 0 Å². The number of alkyl halides is 6. The number of methoxy groups -OCH3 is 1. The normalized spacial score (nSPS) is 19.4. The van der Waals surface area contributed by atoms with E-state index in [0.29, 0.717) is 10.9 Å². The molecule has 1 aliphatic carbocycles. The molecule has 3 aromatic heterocycles. The average Bonchev–Trinajstić information content (AvgIpc) is 3.38. The Morgan fingerprint density at radius 3 is 2.50 bits per heavy atom. The molecule has 2 aliphatic rings. The van der Waals surface area contributed by atoms with Crippen molar-refractivity contribution in [1.82, 2.24) is 25.1 Å². The van der Waals surface area contributed by atoms with Crippen LogP contribution in [0.15, 0.2) is 29.8 Å². The number of hydrogen-bond donors (Lipinski definition) is 3. The Hall–Kier alpha value is -4.45. The number of carbonyl (C=O) groups is 2. The molecule has 18 heteroatoms. The minimum absolute atomic E-state index is 0.0938. The van der Waals surface area contributed by atoms with Crippen LogP contribution in [0.25, 0.3) is 22.3 Å². The van der Waals surface area contributed by atoms with Crippen molar-refractivity contribution in [2.24, 2.45) is 5.73 Å². The van der Waals surface area contributed by atoms with Crippen molar-refractivity contribution >= 4 is 34.1 Å². The topological polar surface area (TPSA) is 154 Å². The lowest BCUT2D eigenvalue weighted by Crippen LogP contribution is -2.51. The molecule has 2 amide bonds. The summed E-state index contributed by atoms with van der Waals surface area (Å²) in [6.07, 6.45) is -6.82. The third-order valence-electron chi connectivity index (χ3n) is 8.00. The third kappa shape index (κ3) is 5.18. The molecule has 0 radical (unpaired) electrons. The van der Waals surface area contributed by atoms with Gasteiger partial charge in [-0.25, -0.2) is 9.97 Å². The molecule has 1 fully saturated rings.